The van der Waals surface area contributed by atoms with Crippen LogP contribution in [0, 0.1) is 5.92 Å². The summed E-state index contributed by atoms with van der Waals surface area (Å²) >= 11 is 1.84. The molecule has 1 aromatic carbocycles. The Morgan fingerprint density at radius 1 is 1.14 bits per heavy atom. The second-order valence-electron chi connectivity index (χ2n) is 7.95. The van der Waals surface area contributed by atoms with E-state index in [0.29, 0.717) is 5.92 Å². The first-order chi connectivity index (χ1) is 14.3. The SMILES string of the molecule is CC(CNc1nc(-c2cn[nH]c2)nc2sc3c(c12)CCCC3)Cc1ccccc1. The Morgan fingerprint density at radius 2 is 2.00 bits per heavy atom. The minimum absolute atomic E-state index is 0.509. The van der Waals surface area contributed by atoms with Crippen molar-refractivity contribution >= 4 is 27.4 Å². The second-order valence-corrected chi connectivity index (χ2v) is 9.03. The summed E-state index contributed by atoms with van der Waals surface area (Å²) in [6.45, 7) is 3.18. The number of hydrogen-bond acceptors (Lipinski definition) is 5. The third-order valence-electron chi connectivity index (χ3n) is 5.62. The lowest BCUT2D eigenvalue weighted by molar-refractivity contribution is 0.611. The third kappa shape index (κ3) is 3.77. The third-order valence-corrected chi connectivity index (χ3v) is 6.80. The zero-order valence-electron chi connectivity index (χ0n) is 16.6. The predicted molar refractivity (Wildman–Crippen MR) is 119 cm³/mol. The molecule has 3 heterocycles. The number of aromatic nitrogens is 4. The van der Waals surface area contributed by atoms with E-state index >= 15 is 0 Å². The van der Waals surface area contributed by atoms with Gasteiger partial charge in [0.15, 0.2) is 5.82 Å². The van der Waals surface area contributed by atoms with Crippen molar-refractivity contribution in [2.75, 3.05) is 11.9 Å². The van der Waals surface area contributed by atoms with Gasteiger partial charge in [-0.2, -0.15) is 5.10 Å². The maximum atomic E-state index is 4.93. The molecule has 2 N–H and O–H groups in total. The highest BCUT2D eigenvalue weighted by atomic mass is 32.1. The van der Waals surface area contributed by atoms with Gasteiger partial charge in [0.2, 0.25) is 0 Å². The molecule has 1 unspecified atom stereocenters. The van der Waals surface area contributed by atoms with Gasteiger partial charge in [-0.25, -0.2) is 9.97 Å². The van der Waals surface area contributed by atoms with Crippen LogP contribution in [-0.4, -0.2) is 26.7 Å². The van der Waals surface area contributed by atoms with Gasteiger partial charge in [-0.05, 0) is 49.1 Å². The molecular weight excluding hydrogens is 378 g/mol. The number of rotatable bonds is 6. The first-order valence-electron chi connectivity index (χ1n) is 10.4. The van der Waals surface area contributed by atoms with Gasteiger partial charge in [0, 0.05) is 17.6 Å². The predicted octanol–water partition coefficient (Wildman–Crippen LogP) is 5.25. The molecular formula is C23H25N5S. The summed E-state index contributed by atoms with van der Waals surface area (Å²) < 4.78 is 0. The van der Waals surface area contributed by atoms with Crippen molar-refractivity contribution < 1.29 is 0 Å². The molecule has 0 aliphatic heterocycles. The fourth-order valence-electron chi connectivity index (χ4n) is 4.15. The van der Waals surface area contributed by atoms with Crippen molar-refractivity contribution in [3.8, 4) is 11.4 Å². The molecule has 0 radical (unpaired) electrons. The Labute approximate surface area is 174 Å². The van der Waals surface area contributed by atoms with E-state index in [1.165, 1.54) is 40.7 Å². The first-order valence-corrected chi connectivity index (χ1v) is 11.2. The Balaban J connectivity index is 1.46. The van der Waals surface area contributed by atoms with Gasteiger partial charge in [0.05, 0.1) is 17.1 Å². The molecule has 5 nitrogen and oxygen atoms in total. The number of nitrogens with zero attached hydrogens (tertiary/aromatic N) is 3. The van der Waals surface area contributed by atoms with Crippen LogP contribution in [-0.2, 0) is 19.3 Å². The minimum atomic E-state index is 0.509. The fraction of sp³-hybridized carbons (Fsp3) is 0.348. The van der Waals surface area contributed by atoms with E-state index in [9.17, 15) is 0 Å². The van der Waals surface area contributed by atoms with E-state index in [4.69, 9.17) is 9.97 Å². The van der Waals surface area contributed by atoms with E-state index in [-0.39, 0.29) is 0 Å². The van der Waals surface area contributed by atoms with Crippen LogP contribution >= 0.6 is 11.3 Å². The molecule has 148 valence electrons. The van der Waals surface area contributed by atoms with Crippen LogP contribution in [0.25, 0.3) is 21.6 Å². The quantitative estimate of drug-likeness (QED) is 0.461. The van der Waals surface area contributed by atoms with Crippen molar-refractivity contribution in [2.45, 2.75) is 39.0 Å². The molecule has 0 spiro atoms. The molecule has 4 aromatic rings. The van der Waals surface area contributed by atoms with Crippen LogP contribution in [0.5, 0.6) is 0 Å². The summed E-state index contributed by atoms with van der Waals surface area (Å²) in [7, 11) is 0. The molecule has 29 heavy (non-hydrogen) atoms. The zero-order valence-corrected chi connectivity index (χ0v) is 17.4. The van der Waals surface area contributed by atoms with Crippen LogP contribution in [0.3, 0.4) is 0 Å². The van der Waals surface area contributed by atoms with Gasteiger partial charge in [-0.1, -0.05) is 37.3 Å². The van der Waals surface area contributed by atoms with Gasteiger partial charge in [-0.3, -0.25) is 5.10 Å². The number of nitrogens with one attached hydrogen (secondary N) is 2. The Hall–Kier alpha value is -2.73. The summed E-state index contributed by atoms with van der Waals surface area (Å²) in [5.74, 6) is 2.22. The van der Waals surface area contributed by atoms with Gasteiger partial charge in [0.1, 0.15) is 10.6 Å². The average Bonchev–Trinajstić information content (AvgIpc) is 3.40. The van der Waals surface area contributed by atoms with Crippen LogP contribution in [0.1, 0.15) is 35.8 Å². The van der Waals surface area contributed by atoms with Gasteiger partial charge < -0.3 is 5.32 Å². The second kappa shape index (κ2) is 7.95. The normalized spacial score (nSPS) is 14.7. The number of H-pyrrole nitrogens is 1. The Bertz CT molecular complexity index is 1100. The van der Waals surface area contributed by atoms with E-state index in [2.05, 4.69) is 52.8 Å². The molecule has 6 heteroatoms. The topological polar surface area (TPSA) is 66.5 Å². The number of hydrogen-bond donors (Lipinski definition) is 2. The van der Waals surface area contributed by atoms with Crippen LogP contribution < -0.4 is 5.32 Å². The summed E-state index contributed by atoms with van der Waals surface area (Å²) in [6.07, 6.45) is 9.54. The summed E-state index contributed by atoms with van der Waals surface area (Å²) in [5, 5.41) is 11.9. The highest BCUT2D eigenvalue weighted by Crippen LogP contribution is 2.39. The maximum Gasteiger partial charge on any atom is 0.166 e. The highest BCUT2D eigenvalue weighted by molar-refractivity contribution is 7.19. The monoisotopic (exact) mass is 403 g/mol. The average molecular weight is 404 g/mol. The number of anilines is 1. The van der Waals surface area contributed by atoms with E-state index in [0.717, 1.165) is 41.4 Å². The van der Waals surface area contributed by atoms with Crippen molar-refractivity contribution in [1.29, 1.82) is 0 Å². The van der Waals surface area contributed by atoms with Crippen LogP contribution in [0.2, 0.25) is 0 Å². The molecule has 0 saturated heterocycles. The fourth-order valence-corrected chi connectivity index (χ4v) is 5.41. The minimum Gasteiger partial charge on any atom is -0.369 e. The Morgan fingerprint density at radius 3 is 2.83 bits per heavy atom. The Kier molecular flexibility index (Phi) is 5.02. The van der Waals surface area contributed by atoms with Crippen molar-refractivity contribution in [3.05, 3.63) is 58.7 Å². The number of aromatic amines is 1. The van der Waals surface area contributed by atoms with E-state index in [1.54, 1.807) is 6.20 Å². The van der Waals surface area contributed by atoms with Crippen molar-refractivity contribution in [3.63, 3.8) is 0 Å². The maximum absolute atomic E-state index is 4.93. The molecule has 0 bridgehead atoms. The standard InChI is InChI=1S/C23H25N5S/c1-15(11-16-7-3-2-4-8-16)12-24-22-20-18-9-5-6-10-19(18)29-23(20)28-21(27-22)17-13-25-26-14-17/h2-4,7-8,13-15H,5-6,9-12H2,1H3,(H,25,26)(H,24,27,28). The molecule has 1 aliphatic carbocycles. The van der Waals surface area contributed by atoms with Crippen LogP contribution in [0.4, 0.5) is 5.82 Å². The molecule has 5 rings (SSSR count). The number of fused-ring (bicyclic) bond motifs is 3. The zero-order chi connectivity index (χ0) is 19.6. The van der Waals surface area contributed by atoms with Gasteiger partial charge in [0.25, 0.3) is 0 Å². The lowest BCUT2D eigenvalue weighted by atomic mass is 9.97. The van der Waals surface area contributed by atoms with Crippen molar-refractivity contribution in [1.82, 2.24) is 20.2 Å². The molecule has 0 amide bonds. The molecule has 3 aromatic heterocycles. The largest absolute Gasteiger partial charge is 0.369 e. The van der Waals surface area contributed by atoms with Gasteiger partial charge in [-0.15, -0.1) is 11.3 Å². The molecule has 1 atom stereocenters. The molecule has 0 fully saturated rings. The van der Waals surface area contributed by atoms with Gasteiger partial charge >= 0.3 is 0 Å². The van der Waals surface area contributed by atoms with Crippen molar-refractivity contribution in [2.24, 2.45) is 5.92 Å². The van der Waals surface area contributed by atoms with E-state index < -0.39 is 0 Å². The number of aryl methyl sites for hydroxylation is 2. The molecule has 0 saturated carbocycles. The summed E-state index contributed by atoms with van der Waals surface area (Å²) in [4.78, 5) is 12.4. The first kappa shape index (κ1) is 18.3. The smallest absolute Gasteiger partial charge is 0.166 e. The molecule has 1 aliphatic rings. The summed E-state index contributed by atoms with van der Waals surface area (Å²) in [5.41, 5.74) is 3.77. The number of benzene rings is 1. The highest BCUT2D eigenvalue weighted by Gasteiger charge is 2.22. The number of thiophene rings is 1. The summed E-state index contributed by atoms with van der Waals surface area (Å²) in [6, 6.07) is 10.7. The lowest BCUT2D eigenvalue weighted by Gasteiger charge is -2.16. The van der Waals surface area contributed by atoms with Crippen LogP contribution in [0.15, 0.2) is 42.7 Å². The van der Waals surface area contributed by atoms with E-state index in [1.807, 2.05) is 17.5 Å². The lowest BCUT2D eigenvalue weighted by Crippen LogP contribution is -2.15.